The lowest BCUT2D eigenvalue weighted by Gasteiger charge is -2.10. The molecule has 2 aromatic carbocycles. The third-order valence-corrected chi connectivity index (χ3v) is 2.83. The summed E-state index contributed by atoms with van der Waals surface area (Å²) in [6.07, 6.45) is -4.58. The van der Waals surface area contributed by atoms with Gasteiger partial charge in [0.15, 0.2) is 0 Å². The molecule has 0 radical (unpaired) electrons. The van der Waals surface area contributed by atoms with Crippen LogP contribution in [-0.2, 0) is 19.3 Å². The Balaban J connectivity index is 2.02. The Bertz CT molecular complexity index is 622. The smallest absolute Gasteiger partial charge is 0.309 e. The molecule has 0 aliphatic carbocycles. The van der Waals surface area contributed by atoms with Crippen LogP contribution in [0.15, 0.2) is 42.5 Å². The van der Waals surface area contributed by atoms with Crippen molar-refractivity contribution in [1.29, 1.82) is 0 Å². The molecule has 0 spiro atoms. The lowest BCUT2D eigenvalue weighted by atomic mass is 10.1. The van der Waals surface area contributed by atoms with Crippen molar-refractivity contribution in [3.63, 3.8) is 0 Å². The normalized spacial score (nSPS) is 11.7. The van der Waals surface area contributed by atoms with E-state index >= 15 is 0 Å². The van der Waals surface area contributed by atoms with Gasteiger partial charge in [-0.2, -0.15) is 13.2 Å². The summed E-state index contributed by atoms with van der Waals surface area (Å²) < 4.78 is 63.8. The third-order valence-electron chi connectivity index (χ3n) is 2.83. The van der Waals surface area contributed by atoms with E-state index in [1.807, 2.05) is 0 Å². The molecule has 0 unspecified atom stereocenters. The number of rotatable bonds is 4. The van der Waals surface area contributed by atoms with Crippen LogP contribution >= 0.6 is 0 Å². The minimum atomic E-state index is -4.58. The number of halogens is 5. The lowest BCUT2D eigenvalue weighted by molar-refractivity contribution is -0.137. The Morgan fingerprint density at radius 3 is 2.14 bits per heavy atom. The molecule has 0 saturated heterocycles. The molecule has 0 aromatic heterocycles. The molecule has 0 amide bonds. The van der Waals surface area contributed by atoms with Crippen LogP contribution in [0.5, 0.6) is 0 Å². The van der Waals surface area contributed by atoms with Crippen molar-refractivity contribution in [1.82, 2.24) is 5.32 Å². The topological polar surface area (TPSA) is 12.0 Å². The molecule has 0 heterocycles. The van der Waals surface area contributed by atoms with E-state index in [1.165, 1.54) is 18.2 Å². The standard InChI is InChI=1S/C15H12F5N/c16-13-3-1-2-10(5-13)8-21-9-11-4-12(15(18,19)20)7-14(17)6-11/h1-7,21H,8-9H2. The Kier molecular flexibility index (Phi) is 4.57. The fraction of sp³-hybridized carbons (Fsp3) is 0.200. The predicted molar refractivity (Wildman–Crippen MR) is 68.3 cm³/mol. The first-order valence-electron chi connectivity index (χ1n) is 6.16. The van der Waals surface area contributed by atoms with E-state index in [-0.39, 0.29) is 24.5 Å². The van der Waals surface area contributed by atoms with Gasteiger partial charge in [0.05, 0.1) is 5.56 Å². The molecule has 112 valence electrons. The molecule has 0 saturated carbocycles. The second kappa shape index (κ2) is 6.22. The van der Waals surface area contributed by atoms with Gasteiger partial charge in [-0.05, 0) is 41.5 Å². The summed E-state index contributed by atoms with van der Waals surface area (Å²) in [5, 5.41) is 2.85. The molecule has 0 atom stereocenters. The number of hydrogen-bond acceptors (Lipinski definition) is 1. The first-order chi connectivity index (χ1) is 9.84. The van der Waals surface area contributed by atoms with Crippen LogP contribution in [0, 0.1) is 11.6 Å². The fourth-order valence-electron chi connectivity index (χ4n) is 1.91. The van der Waals surface area contributed by atoms with Crippen LogP contribution in [0.3, 0.4) is 0 Å². The van der Waals surface area contributed by atoms with Crippen molar-refractivity contribution in [3.05, 3.63) is 70.8 Å². The van der Waals surface area contributed by atoms with Crippen LogP contribution in [0.25, 0.3) is 0 Å². The predicted octanol–water partition coefficient (Wildman–Crippen LogP) is 4.27. The van der Waals surface area contributed by atoms with E-state index in [1.54, 1.807) is 6.07 Å². The summed E-state index contributed by atoms with van der Waals surface area (Å²) in [4.78, 5) is 0. The maximum Gasteiger partial charge on any atom is 0.416 e. The summed E-state index contributed by atoms with van der Waals surface area (Å²) in [6.45, 7) is 0.326. The fourth-order valence-corrected chi connectivity index (χ4v) is 1.91. The quantitative estimate of drug-likeness (QED) is 0.831. The van der Waals surface area contributed by atoms with E-state index in [4.69, 9.17) is 0 Å². The number of hydrogen-bond donors (Lipinski definition) is 1. The molecule has 2 aromatic rings. The van der Waals surface area contributed by atoms with Crippen LogP contribution in [-0.4, -0.2) is 0 Å². The average Bonchev–Trinajstić information content (AvgIpc) is 2.37. The van der Waals surface area contributed by atoms with Gasteiger partial charge in [-0.15, -0.1) is 0 Å². The van der Waals surface area contributed by atoms with E-state index in [0.717, 1.165) is 12.1 Å². The molecule has 0 aliphatic heterocycles. The van der Waals surface area contributed by atoms with E-state index in [2.05, 4.69) is 5.32 Å². The van der Waals surface area contributed by atoms with Crippen molar-refractivity contribution in [2.75, 3.05) is 0 Å². The summed E-state index contributed by atoms with van der Waals surface area (Å²) in [5.74, 6) is -1.33. The Morgan fingerprint density at radius 1 is 0.810 bits per heavy atom. The molecular weight excluding hydrogens is 289 g/mol. The number of nitrogens with one attached hydrogen (secondary N) is 1. The zero-order valence-corrected chi connectivity index (χ0v) is 10.8. The molecule has 1 nitrogen and oxygen atoms in total. The largest absolute Gasteiger partial charge is 0.416 e. The molecule has 1 N–H and O–H groups in total. The Hall–Kier alpha value is -1.95. The minimum absolute atomic E-state index is 0.0529. The van der Waals surface area contributed by atoms with Gasteiger partial charge in [0.25, 0.3) is 0 Å². The second-order valence-electron chi connectivity index (χ2n) is 4.58. The zero-order valence-electron chi connectivity index (χ0n) is 10.8. The van der Waals surface area contributed by atoms with Gasteiger partial charge in [-0.25, -0.2) is 8.78 Å². The Morgan fingerprint density at radius 2 is 1.48 bits per heavy atom. The second-order valence-corrected chi connectivity index (χ2v) is 4.58. The molecule has 0 fully saturated rings. The van der Waals surface area contributed by atoms with Crippen molar-refractivity contribution in [3.8, 4) is 0 Å². The van der Waals surface area contributed by atoms with Crippen LogP contribution in [0.4, 0.5) is 22.0 Å². The summed E-state index contributed by atoms with van der Waals surface area (Å²) >= 11 is 0. The average molecular weight is 301 g/mol. The summed E-state index contributed by atoms with van der Waals surface area (Å²) in [5.41, 5.74) is -0.189. The van der Waals surface area contributed by atoms with E-state index in [0.29, 0.717) is 11.6 Å². The minimum Gasteiger partial charge on any atom is -0.309 e. The van der Waals surface area contributed by atoms with Crippen molar-refractivity contribution in [2.45, 2.75) is 19.3 Å². The highest BCUT2D eigenvalue weighted by atomic mass is 19.4. The summed E-state index contributed by atoms with van der Waals surface area (Å²) in [6, 6.07) is 8.22. The zero-order chi connectivity index (χ0) is 15.5. The highest BCUT2D eigenvalue weighted by Gasteiger charge is 2.31. The first-order valence-corrected chi connectivity index (χ1v) is 6.16. The molecule has 0 aliphatic rings. The van der Waals surface area contributed by atoms with Crippen molar-refractivity contribution < 1.29 is 22.0 Å². The van der Waals surface area contributed by atoms with Crippen LogP contribution in [0.2, 0.25) is 0 Å². The molecular formula is C15H12F5N. The highest BCUT2D eigenvalue weighted by Crippen LogP contribution is 2.30. The molecule has 6 heteroatoms. The third kappa shape index (κ3) is 4.53. The van der Waals surface area contributed by atoms with Gasteiger partial charge in [0.1, 0.15) is 11.6 Å². The van der Waals surface area contributed by atoms with Crippen LogP contribution in [0.1, 0.15) is 16.7 Å². The molecule has 0 bridgehead atoms. The number of alkyl halides is 3. The maximum absolute atomic E-state index is 13.2. The van der Waals surface area contributed by atoms with Crippen molar-refractivity contribution in [2.24, 2.45) is 0 Å². The maximum atomic E-state index is 13.2. The van der Waals surface area contributed by atoms with Crippen LogP contribution < -0.4 is 5.32 Å². The van der Waals surface area contributed by atoms with Gasteiger partial charge in [-0.3, -0.25) is 0 Å². The van der Waals surface area contributed by atoms with Gasteiger partial charge in [-0.1, -0.05) is 12.1 Å². The SMILES string of the molecule is Fc1cccc(CNCc2cc(F)cc(C(F)(F)F)c2)c1. The Labute approximate surface area is 118 Å². The van der Waals surface area contributed by atoms with Gasteiger partial charge in [0, 0.05) is 13.1 Å². The van der Waals surface area contributed by atoms with E-state index < -0.39 is 17.6 Å². The number of benzene rings is 2. The summed E-state index contributed by atoms with van der Waals surface area (Å²) in [7, 11) is 0. The van der Waals surface area contributed by atoms with Gasteiger partial charge >= 0.3 is 6.18 Å². The van der Waals surface area contributed by atoms with Crippen molar-refractivity contribution >= 4 is 0 Å². The molecule has 21 heavy (non-hydrogen) atoms. The highest BCUT2D eigenvalue weighted by molar-refractivity contribution is 5.27. The van der Waals surface area contributed by atoms with Gasteiger partial charge in [0.2, 0.25) is 0 Å². The lowest BCUT2D eigenvalue weighted by Crippen LogP contribution is -2.14. The molecule has 2 rings (SSSR count). The van der Waals surface area contributed by atoms with E-state index in [9.17, 15) is 22.0 Å². The van der Waals surface area contributed by atoms with Gasteiger partial charge < -0.3 is 5.32 Å². The first kappa shape index (κ1) is 15.4. The monoisotopic (exact) mass is 301 g/mol.